The van der Waals surface area contributed by atoms with Gasteiger partial charge in [0, 0.05) is 35.4 Å². The number of halogens is 1. The third kappa shape index (κ3) is 6.15. The molecule has 0 atom stereocenters. The highest BCUT2D eigenvalue weighted by Gasteiger charge is 2.12. The number of aromatic nitrogens is 3. The fourth-order valence-corrected chi connectivity index (χ4v) is 3.37. The Kier molecular flexibility index (Phi) is 7.41. The fourth-order valence-electron chi connectivity index (χ4n) is 2.72. The normalized spacial score (nSPS) is 14.8. The molecule has 0 bridgehead atoms. The van der Waals surface area contributed by atoms with Crippen molar-refractivity contribution in [2.45, 2.75) is 13.8 Å². The zero-order chi connectivity index (χ0) is 19.1. The number of hydrogen-bond donors (Lipinski definition) is 2. The lowest BCUT2D eigenvalue weighted by molar-refractivity contribution is 0.0398. The number of aryl methyl sites for hydroxylation is 1. The quantitative estimate of drug-likeness (QED) is 0.554. The summed E-state index contributed by atoms with van der Waals surface area (Å²) in [7, 11) is 0. The lowest BCUT2D eigenvalue weighted by Crippen LogP contribution is -2.39. The van der Waals surface area contributed by atoms with E-state index in [1.54, 1.807) is 0 Å². The van der Waals surface area contributed by atoms with Crippen LogP contribution < -0.4 is 15.4 Å². The summed E-state index contributed by atoms with van der Waals surface area (Å²) in [5.74, 6) is 0.971. The van der Waals surface area contributed by atoms with Gasteiger partial charge in [-0.25, -0.2) is 0 Å². The molecule has 146 valence electrons. The Morgan fingerprint density at radius 2 is 1.96 bits per heavy atom. The van der Waals surface area contributed by atoms with Crippen LogP contribution >= 0.6 is 22.6 Å². The van der Waals surface area contributed by atoms with E-state index in [1.165, 1.54) is 3.57 Å². The van der Waals surface area contributed by atoms with Gasteiger partial charge in [-0.05, 0) is 60.2 Å². The predicted molar refractivity (Wildman–Crippen MR) is 114 cm³/mol. The maximum absolute atomic E-state index is 5.50. The van der Waals surface area contributed by atoms with Crippen molar-refractivity contribution in [1.82, 2.24) is 19.9 Å². The molecule has 3 rings (SSSR count). The molecule has 2 N–H and O–H groups in total. The monoisotopic (exact) mass is 484 g/mol. The van der Waals surface area contributed by atoms with Crippen molar-refractivity contribution in [2.75, 3.05) is 56.6 Å². The molecule has 1 aromatic heterocycles. The molecule has 8 nitrogen and oxygen atoms in total. The lowest BCUT2D eigenvalue weighted by Gasteiger charge is -2.26. The van der Waals surface area contributed by atoms with Crippen molar-refractivity contribution in [2.24, 2.45) is 0 Å². The van der Waals surface area contributed by atoms with E-state index in [9.17, 15) is 0 Å². The van der Waals surface area contributed by atoms with Crippen LogP contribution in [0.3, 0.4) is 0 Å². The molecule has 1 aliphatic heterocycles. The number of anilines is 3. The van der Waals surface area contributed by atoms with Crippen LogP contribution in [-0.4, -0.2) is 65.9 Å². The van der Waals surface area contributed by atoms with Crippen molar-refractivity contribution in [1.29, 1.82) is 0 Å². The first-order valence-electron chi connectivity index (χ1n) is 9.10. The Hall–Kier alpha value is -1.72. The average molecular weight is 484 g/mol. The van der Waals surface area contributed by atoms with Gasteiger partial charge in [0.25, 0.3) is 0 Å². The second-order valence-electron chi connectivity index (χ2n) is 6.16. The number of morpholine rings is 1. The van der Waals surface area contributed by atoms with E-state index in [2.05, 4.69) is 66.1 Å². The summed E-state index contributed by atoms with van der Waals surface area (Å²) in [6, 6.07) is 6.48. The summed E-state index contributed by atoms with van der Waals surface area (Å²) in [4.78, 5) is 15.5. The summed E-state index contributed by atoms with van der Waals surface area (Å²) < 4.78 is 12.1. The van der Waals surface area contributed by atoms with E-state index in [0.717, 1.165) is 50.6 Å². The molecule has 0 spiro atoms. The smallest absolute Gasteiger partial charge is 0.323 e. The lowest BCUT2D eigenvalue weighted by atomic mass is 10.2. The number of nitrogens with zero attached hydrogens (tertiary/aromatic N) is 4. The largest absolute Gasteiger partial charge is 0.464 e. The number of benzene rings is 1. The Morgan fingerprint density at radius 1 is 1.19 bits per heavy atom. The highest BCUT2D eigenvalue weighted by molar-refractivity contribution is 14.1. The van der Waals surface area contributed by atoms with Gasteiger partial charge >= 0.3 is 6.01 Å². The van der Waals surface area contributed by atoms with E-state index in [1.807, 2.05) is 19.1 Å². The Balaban J connectivity index is 1.67. The zero-order valence-electron chi connectivity index (χ0n) is 15.7. The third-order valence-corrected chi connectivity index (χ3v) is 4.81. The Labute approximate surface area is 173 Å². The van der Waals surface area contributed by atoms with Crippen LogP contribution in [-0.2, 0) is 4.74 Å². The molecule has 0 saturated carbocycles. The fraction of sp³-hybridized carbons (Fsp3) is 0.500. The van der Waals surface area contributed by atoms with E-state index in [4.69, 9.17) is 9.47 Å². The summed E-state index contributed by atoms with van der Waals surface area (Å²) in [5.41, 5.74) is 2.09. The molecule has 1 fully saturated rings. The maximum Gasteiger partial charge on any atom is 0.323 e. The standard InChI is InChI=1S/C18H25IN6O2/c1-3-27-18-23-16(20-6-7-25-8-10-26-11-9-25)22-17(24-18)21-15-5-4-14(19)12-13(15)2/h4-5,12H,3,6-11H2,1-2H3,(H2,20,21,22,23,24). The van der Waals surface area contributed by atoms with Crippen LogP contribution in [0.25, 0.3) is 0 Å². The molecule has 2 aromatic rings. The number of rotatable bonds is 8. The first-order chi connectivity index (χ1) is 13.1. The predicted octanol–water partition coefficient (Wildman–Crippen LogP) is 2.67. The summed E-state index contributed by atoms with van der Waals surface area (Å²) in [6.07, 6.45) is 0. The van der Waals surface area contributed by atoms with Gasteiger partial charge in [-0.2, -0.15) is 15.0 Å². The van der Waals surface area contributed by atoms with Crippen LogP contribution in [0.15, 0.2) is 18.2 Å². The Bertz CT molecular complexity index is 755. The van der Waals surface area contributed by atoms with Gasteiger partial charge in [0.15, 0.2) is 0 Å². The molecule has 1 aliphatic rings. The Morgan fingerprint density at radius 3 is 2.70 bits per heavy atom. The topological polar surface area (TPSA) is 84.4 Å². The maximum atomic E-state index is 5.50. The number of nitrogens with one attached hydrogen (secondary N) is 2. The third-order valence-electron chi connectivity index (χ3n) is 4.14. The molecule has 0 aliphatic carbocycles. The van der Waals surface area contributed by atoms with E-state index in [0.29, 0.717) is 24.5 Å². The van der Waals surface area contributed by atoms with E-state index in [-0.39, 0.29) is 0 Å². The molecule has 0 radical (unpaired) electrons. The van der Waals surface area contributed by atoms with E-state index < -0.39 is 0 Å². The molecule has 27 heavy (non-hydrogen) atoms. The van der Waals surface area contributed by atoms with Gasteiger partial charge in [0.05, 0.1) is 19.8 Å². The van der Waals surface area contributed by atoms with Gasteiger partial charge in [-0.1, -0.05) is 0 Å². The van der Waals surface area contributed by atoms with Gasteiger partial charge in [-0.15, -0.1) is 0 Å². The van der Waals surface area contributed by atoms with Gasteiger partial charge in [-0.3, -0.25) is 4.90 Å². The average Bonchev–Trinajstić information content (AvgIpc) is 2.65. The van der Waals surface area contributed by atoms with Crippen molar-refractivity contribution in [3.63, 3.8) is 0 Å². The first-order valence-corrected chi connectivity index (χ1v) is 10.2. The minimum Gasteiger partial charge on any atom is -0.464 e. The zero-order valence-corrected chi connectivity index (χ0v) is 17.8. The highest BCUT2D eigenvalue weighted by atomic mass is 127. The highest BCUT2D eigenvalue weighted by Crippen LogP contribution is 2.22. The molecular weight excluding hydrogens is 459 g/mol. The van der Waals surface area contributed by atoms with Gasteiger partial charge < -0.3 is 20.1 Å². The van der Waals surface area contributed by atoms with Crippen molar-refractivity contribution < 1.29 is 9.47 Å². The second-order valence-corrected chi connectivity index (χ2v) is 7.41. The second kappa shape index (κ2) is 10.00. The number of hydrogen-bond acceptors (Lipinski definition) is 8. The first kappa shape index (κ1) is 20.0. The molecule has 0 unspecified atom stereocenters. The van der Waals surface area contributed by atoms with Crippen LogP contribution in [0.4, 0.5) is 17.6 Å². The van der Waals surface area contributed by atoms with E-state index >= 15 is 0 Å². The molecular formula is C18H25IN6O2. The minimum absolute atomic E-state index is 0.312. The summed E-state index contributed by atoms with van der Waals surface area (Å²) >= 11 is 2.30. The summed E-state index contributed by atoms with van der Waals surface area (Å²) in [6.45, 7) is 9.63. The summed E-state index contributed by atoms with van der Waals surface area (Å²) in [5, 5.41) is 6.54. The molecule has 9 heteroatoms. The molecule has 1 aromatic carbocycles. The van der Waals surface area contributed by atoms with Crippen molar-refractivity contribution in [3.8, 4) is 6.01 Å². The van der Waals surface area contributed by atoms with Crippen molar-refractivity contribution >= 4 is 40.2 Å². The van der Waals surface area contributed by atoms with Crippen molar-refractivity contribution in [3.05, 3.63) is 27.3 Å². The van der Waals surface area contributed by atoms with Crippen LogP contribution in [0.5, 0.6) is 6.01 Å². The SMILES string of the molecule is CCOc1nc(NCCN2CCOCC2)nc(Nc2ccc(I)cc2C)n1. The van der Waals surface area contributed by atoms with Crippen LogP contribution in [0, 0.1) is 10.5 Å². The van der Waals surface area contributed by atoms with Gasteiger partial charge in [0.2, 0.25) is 11.9 Å². The number of ether oxygens (including phenoxy) is 2. The minimum atomic E-state index is 0.312. The van der Waals surface area contributed by atoms with Crippen LogP contribution in [0.2, 0.25) is 0 Å². The van der Waals surface area contributed by atoms with Crippen LogP contribution in [0.1, 0.15) is 12.5 Å². The molecule has 1 saturated heterocycles. The molecule has 2 heterocycles. The van der Waals surface area contributed by atoms with Gasteiger partial charge in [0.1, 0.15) is 0 Å². The molecule has 0 amide bonds.